The molecule has 14 nitrogen and oxygen atoms in total. The molecule has 4 N–H and O–H groups in total. The van der Waals surface area contributed by atoms with Gasteiger partial charge in [-0.3, -0.25) is 0 Å². The largest absolute Gasteiger partial charge is 1.00 e. The number of rotatable bonds is 28. The molecule has 2 heterocycles. The van der Waals surface area contributed by atoms with Gasteiger partial charge in [-0.2, -0.15) is 0 Å². The van der Waals surface area contributed by atoms with Crippen LogP contribution in [-0.2, 0) is 69.8 Å². The Balaban J connectivity index is 0. The summed E-state index contributed by atoms with van der Waals surface area (Å²) in [6.45, 7) is 22.9. The molecule has 0 amide bonds. The van der Waals surface area contributed by atoms with Gasteiger partial charge in [0.15, 0.2) is 0 Å². The van der Waals surface area contributed by atoms with Gasteiger partial charge in [-0.05, 0) is 82.9 Å². The van der Waals surface area contributed by atoms with E-state index in [0.29, 0.717) is 97.0 Å². The van der Waals surface area contributed by atoms with Gasteiger partial charge in [-0.1, -0.05) is 43.8 Å². The van der Waals surface area contributed by atoms with Crippen molar-refractivity contribution < 1.29 is 120 Å². The van der Waals surface area contributed by atoms with E-state index in [4.69, 9.17) is 52.5 Å². The number of aliphatic hydroxyl groups excluding tert-OH is 1. The smallest absolute Gasteiger partial charge is 0.870 e. The molecule has 2 fully saturated rings. The minimum Gasteiger partial charge on any atom is -0.870 e. The van der Waals surface area contributed by atoms with Crippen LogP contribution in [-0.4, -0.2) is 146 Å². The average Bonchev–Trinajstić information content (AvgIpc) is 4.12. The average molecular weight is 855 g/mol. The van der Waals surface area contributed by atoms with Crippen LogP contribution in [0.4, 0.5) is 0 Å². The minimum atomic E-state index is -1.20. The van der Waals surface area contributed by atoms with Gasteiger partial charge in [0.1, 0.15) is 22.4 Å². The Bertz CT molecular complexity index is 1190. The SMILES string of the molecule is C.CC1(c2cccc(C3(C)CO3)c2)CO1.CCOCCOCCO.CCOCCOCCOCC(C)(O)c1cccc(C(C)(O)COCCOCCOCC)c1.[K+].[OH-]. The molecular weight excluding hydrogens is 780 g/mol. The second-order valence-electron chi connectivity index (χ2n) is 14.0. The molecule has 15 heteroatoms. The van der Waals surface area contributed by atoms with E-state index in [1.54, 1.807) is 26.0 Å². The summed E-state index contributed by atoms with van der Waals surface area (Å²) in [7, 11) is 0. The molecule has 0 saturated carbocycles. The fraction of sp³-hybridized carbons (Fsp3) is 0.721. The van der Waals surface area contributed by atoms with Crippen LogP contribution in [0.1, 0.15) is 78.1 Å². The Morgan fingerprint density at radius 2 is 0.862 bits per heavy atom. The number of hydrogen-bond acceptors (Lipinski definition) is 14. The third-order valence-electron chi connectivity index (χ3n) is 8.82. The molecule has 2 aromatic rings. The van der Waals surface area contributed by atoms with Crippen molar-refractivity contribution in [3.05, 3.63) is 70.8 Å². The second kappa shape index (κ2) is 33.1. The molecule has 4 unspecified atom stereocenters. The summed E-state index contributed by atoms with van der Waals surface area (Å²) in [6, 6.07) is 15.8. The number of ether oxygens (including phenoxy) is 10. The first-order valence-corrected chi connectivity index (χ1v) is 19.5. The van der Waals surface area contributed by atoms with Gasteiger partial charge >= 0.3 is 51.4 Å². The van der Waals surface area contributed by atoms with Gasteiger partial charge in [0.05, 0.1) is 106 Å². The quantitative estimate of drug-likeness (QED) is 0.0640. The Labute approximate surface area is 391 Å². The predicted molar refractivity (Wildman–Crippen MR) is 218 cm³/mol. The maximum atomic E-state index is 10.9. The van der Waals surface area contributed by atoms with Crippen molar-refractivity contribution >= 4 is 0 Å². The summed E-state index contributed by atoms with van der Waals surface area (Å²) in [5, 5.41) is 30.0. The third kappa shape index (κ3) is 24.8. The van der Waals surface area contributed by atoms with Crippen molar-refractivity contribution in [2.24, 2.45) is 0 Å². The summed E-state index contributed by atoms with van der Waals surface area (Å²) in [5.41, 5.74) is 1.40. The molecule has 2 saturated heterocycles. The second-order valence-corrected chi connectivity index (χ2v) is 14.0. The van der Waals surface area contributed by atoms with Crippen molar-refractivity contribution in [3.8, 4) is 0 Å². The first kappa shape index (κ1) is 59.6. The van der Waals surface area contributed by atoms with E-state index in [9.17, 15) is 10.2 Å². The number of hydrogen-bond donors (Lipinski definition) is 3. The van der Waals surface area contributed by atoms with Crippen LogP contribution in [0, 0.1) is 0 Å². The van der Waals surface area contributed by atoms with Crippen LogP contribution in [0.25, 0.3) is 0 Å². The molecule has 0 aliphatic carbocycles. The van der Waals surface area contributed by atoms with Crippen molar-refractivity contribution in [3.63, 3.8) is 0 Å². The van der Waals surface area contributed by atoms with Crippen molar-refractivity contribution in [2.75, 3.05) is 126 Å². The molecule has 2 aromatic carbocycles. The topological polar surface area (TPSA) is 190 Å². The fourth-order valence-corrected chi connectivity index (χ4v) is 5.02. The molecule has 0 radical (unpaired) electrons. The minimum absolute atomic E-state index is 0. The molecule has 0 spiro atoms. The molecule has 332 valence electrons. The number of epoxide rings is 2. The Morgan fingerprint density at radius 3 is 1.19 bits per heavy atom. The van der Waals surface area contributed by atoms with E-state index in [-0.39, 0.29) is 95.3 Å². The first-order chi connectivity index (χ1) is 26.4. The Hall–Kier alpha value is -0.484. The number of aliphatic hydroxyl groups is 3. The maximum absolute atomic E-state index is 10.9. The van der Waals surface area contributed by atoms with E-state index in [1.807, 2.05) is 32.9 Å². The van der Waals surface area contributed by atoms with Crippen LogP contribution in [0.2, 0.25) is 0 Å². The molecule has 0 aromatic heterocycles. The van der Waals surface area contributed by atoms with E-state index in [0.717, 1.165) is 19.8 Å². The van der Waals surface area contributed by atoms with Crippen LogP contribution in [0.5, 0.6) is 0 Å². The molecular formula is C43H75KO14. The molecule has 2 aliphatic heterocycles. The number of benzene rings is 2. The molecule has 4 atom stereocenters. The zero-order chi connectivity index (χ0) is 40.5. The third-order valence-corrected chi connectivity index (χ3v) is 8.82. The predicted octanol–water partition coefficient (Wildman–Crippen LogP) is 1.91. The van der Waals surface area contributed by atoms with Crippen molar-refractivity contribution in [1.29, 1.82) is 0 Å². The molecule has 0 bridgehead atoms. The van der Waals surface area contributed by atoms with E-state index in [2.05, 4.69) is 38.1 Å². The van der Waals surface area contributed by atoms with Crippen molar-refractivity contribution in [1.82, 2.24) is 0 Å². The van der Waals surface area contributed by atoms with Crippen LogP contribution in [0.3, 0.4) is 0 Å². The van der Waals surface area contributed by atoms with Gasteiger partial charge < -0.3 is 68.2 Å². The van der Waals surface area contributed by atoms with E-state index in [1.165, 1.54) is 11.1 Å². The fourth-order valence-electron chi connectivity index (χ4n) is 5.02. The zero-order valence-electron chi connectivity index (χ0n) is 35.9. The Morgan fingerprint density at radius 1 is 0.552 bits per heavy atom. The first-order valence-electron chi connectivity index (χ1n) is 19.5. The van der Waals surface area contributed by atoms with E-state index < -0.39 is 11.2 Å². The zero-order valence-corrected chi connectivity index (χ0v) is 39.0. The van der Waals surface area contributed by atoms with Crippen LogP contribution < -0.4 is 51.4 Å². The van der Waals surface area contributed by atoms with Crippen LogP contribution >= 0.6 is 0 Å². The molecule has 4 rings (SSSR count). The normalized spacial score (nSPS) is 19.6. The van der Waals surface area contributed by atoms with Gasteiger partial charge in [0.25, 0.3) is 0 Å². The summed E-state index contributed by atoms with van der Waals surface area (Å²) in [6.07, 6.45) is 0. The molecule has 58 heavy (non-hydrogen) atoms. The summed E-state index contributed by atoms with van der Waals surface area (Å²) >= 11 is 0. The monoisotopic (exact) mass is 854 g/mol. The molecule has 2 aliphatic rings. The van der Waals surface area contributed by atoms with Gasteiger partial charge in [-0.25, -0.2) is 0 Å². The van der Waals surface area contributed by atoms with Crippen molar-refractivity contribution in [2.45, 2.75) is 78.3 Å². The Kier molecular flexibility index (Phi) is 34.0. The van der Waals surface area contributed by atoms with Gasteiger partial charge in [0.2, 0.25) is 0 Å². The standard InChI is InChI=1S/C24H42O8.C12H14O2.C6H14O3.CH4.K.H2O/c1-5-27-10-12-29-14-16-31-19-23(3,25)21-8-7-9-22(18-21)24(4,26)20-32-17-15-30-13-11-28-6-2;1-11(7-13-11)9-4-3-5-10(6-9)12(2)8-14-12;1-2-8-5-6-9-4-3-7;;;/h7-9,18,25-26H,5-6,10-17,19-20H2,1-4H3;3-6H,7-8H2,1-2H3;7H,2-6H2,1H3;1H4;;1H2/q;;;;+1;/p-1. The van der Waals surface area contributed by atoms with Gasteiger partial charge in [-0.15, -0.1) is 0 Å². The summed E-state index contributed by atoms with van der Waals surface area (Å²) in [4.78, 5) is 0. The van der Waals surface area contributed by atoms with E-state index >= 15 is 0 Å². The summed E-state index contributed by atoms with van der Waals surface area (Å²) in [5.74, 6) is 0. The van der Waals surface area contributed by atoms with Gasteiger partial charge in [0, 0.05) is 19.8 Å². The summed E-state index contributed by atoms with van der Waals surface area (Å²) < 4.78 is 53.1. The van der Waals surface area contributed by atoms with Crippen LogP contribution in [0.15, 0.2) is 48.5 Å². The maximum Gasteiger partial charge on any atom is 1.00 e.